The standard InChI is InChI=1S/C18H20N2O2/c1-3-20(4-2)17-12-10-15(11-13-17)8-6-5-7-9-16(14-19)18(21)22/h5-13H,3-4H2,1-2H3,(H,21,22). The number of aliphatic carboxylic acids is 1. The predicted octanol–water partition coefficient (Wildman–Crippen LogP) is 3.64. The lowest BCUT2D eigenvalue weighted by molar-refractivity contribution is -0.132. The fourth-order valence-corrected chi connectivity index (χ4v) is 1.92. The highest BCUT2D eigenvalue weighted by Crippen LogP contribution is 2.15. The van der Waals surface area contributed by atoms with Gasteiger partial charge in [-0.05, 0) is 37.6 Å². The number of nitrogens with zero attached hydrogens (tertiary/aromatic N) is 2. The van der Waals surface area contributed by atoms with E-state index in [0.29, 0.717) is 0 Å². The Bertz CT molecular complexity index is 615. The highest BCUT2D eigenvalue weighted by molar-refractivity contribution is 5.91. The Balaban J connectivity index is 2.68. The molecule has 0 radical (unpaired) electrons. The van der Waals surface area contributed by atoms with E-state index in [2.05, 4.69) is 30.9 Å². The van der Waals surface area contributed by atoms with Crippen molar-refractivity contribution in [2.45, 2.75) is 13.8 Å². The van der Waals surface area contributed by atoms with Crippen LogP contribution in [0.2, 0.25) is 0 Å². The van der Waals surface area contributed by atoms with Crippen LogP contribution in [0.1, 0.15) is 19.4 Å². The Hall–Kier alpha value is -2.80. The van der Waals surface area contributed by atoms with Crippen LogP contribution >= 0.6 is 0 Å². The van der Waals surface area contributed by atoms with Gasteiger partial charge < -0.3 is 10.0 Å². The minimum absolute atomic E-state index is 0.284. The molecule has 1 N–H and O–H groups in total. The predicted molar refractivity (Wildman–Crippen MR) is 89.5 cm³/mol. The van der Waals surface area contributed by atoms with Gasteiger partial charge in [0.1, 0.15) is 11.6 Å². The van der Waals surface area contributed by atoms with E-state index in [1.807, 2.05) is 18.2 Å². The van der Waals surface area contributed by atoms with Crippen molar-refractivity contribution in [3.8, 4) is 6.07 Å². The van der Waals surface area contributed by atoms with Crippen molar-refractivity contribution < 1.29 is 9.90 Å². The molecule has 22 heavy (non-hydrogen) atoms. The molecule has 0 unspecified atom stereocenters. The lowest BCUT2D eigenvalue weighted by Gasteiger charge is -2.20. The fraction of sp³-hybridized carbons (Fsp3) is 0.222. The summed E-state index contributed by atoms with van der Waals surface area (Å²) in [6.07, 6.45) is 8.23. The van der Waals surface area contributed by atoms with E-state index >= 15 is 0 Å². The summed E-state index contributed by atoms with van der Waals surface area (Å²) in [5.41, 5.74) is 1.97. The number of anilines is 1. The topological polar surface area (TPSA) is 64.3 Å². The highest BCUT2D eigenvalue weighted by atomic mass is 16.4. The maximum Gasteiger partial charge on any atom is 0.346 e. The van der Waals surface area contributed by atoms with Crippen molar-refractivity contribution in [1.29, 1.82) is 5.26 Å². The van der Waals surface area contributed by atoms with Gasteiger partial charge in [-0.15, -0.1) is 0 Å². The molecule has 1 aromatic carbocycles. The molecule has 0 heterocycles. The van der Waals surface area contributed by atoms with Crippen molar-refractivity contribution in [3.05, 3.63) is 59.7 Å². The van der Waals surface area contributed by atoms with E-state index in [1.54, 1.807) is 18.2 Å². The molecule has 1 rings (SSSR count). The normalized spacial score (nSPS) is 11.8. The van der Waals surface area contributed by atoms with Gasteiger partial charge in [0.25, 0.3) is 0 Å². The Morgan fingerprint density at radius 1 is 1.18 bits per heavy atom. The second-order valence-corrected chi connectivity index (χ2v) is 4.51. The van der Waals surface area contributed by atoms with Crippen LogP contribution < -0.4 is 4.90 Å². The molecule has 0 amide bonds. The third kappa shape index (κ3) is 5.29. The zero-order valence-corrected chi connectivity index (χ0v) is 12.9. The molecule has 0 saturated carbocycles. The zero-order valence-electron chi connectivity index (χ0n) is 12.9. The van der Waals surface area contributed by atoms with Crippen LogP contribution in [0.5, 0.6) is 0 Å². The van der Waals surface area contributed by atoms with Gasteiger partial charge in [-0.3, -0.25) is 0 Å². The molecular weight excluding hydrogens is 276 g/mol. The number of carboxylic acids is 1. The molecule has 0 bridgehead atoms. The molecule has 0 fully saturated rings. The van der Waals surface area contributed by atoms with E-state index in [9.17, 15) is 4.79 Å². The number of hydrogen-bond donors (Lipinski definition) is 1. The molecule has 0 aliphatic rings. The van der Waals surface area contributed by atoms with Crippen LogP contribution in [0, 0.1) is 11.3 Å². The van der Waals surface area contributed by atoms with Gasteiger partial charge in [-0.25, -0.2) is 4.79 Å². The molecule has 0 atom stereocenters. The summed E-state index contributed by atoms with van der Waals surface area (Å²) in [6.45, 7) is 6.21. The van der Waals surface area contributed by atoms with Gasteiger partial charge in [0.2, 0.25) is 0 Å². The third-order valence-corrected chi connectivity index (χ3v) is 3.15. The largest absolute Gasteiger partial charge is 0.477 e. The van der Waals surface area contributed by atoms with Crippen LogP contribution in [0.25, 0.3) is 6.08 Å². The van der Waals surface area contributed by atoms with Gasteiger partial charge in [0, 0.05) is 18.8 Å². The quantitative estimate of drug-likeness (QED) is 0.474. The summed E-state index contributed by atoms with van der Waals surface area (Å²) in [4.78, 5) is 12.9. The van der Waals surface area contributed by atoms with Crippen molar-refractivity contribution in [1.82, 2.24) is 0 Å². The van der Waals surface area contributed by atoms with Crippen molar-refractivity contribution >= 4 is 17.7 Å². The highest BCUT2D eigenvalue weighted by Gasteiger charge is 2.02. The maximum atomic E-state index is 10.6. The number of carbonyl (C=O) groups is 1. The molecular formula is C18H20N2O2. The van der Waals surface area contributed by atoms with Crippen LogP contribution in [-0.4, -0.2) is 24.2 Å². The van der Waals surface area contributed by atoms with Crippen LogP contribution in [0.3, 0.4) is 0 Å². The molecule has 4 nitrogen and oxygen atoms in total. The average molecular weight is 296 g/mol. The molecule has 1 aromatic rings. The zero-order chi connectivity index (χ0) is 16.4. The fourth-order valence-electron chi connectivity index (χ4n) is 1.92. The van der Waals surface area contributed by atoms with Crippen molar-refractivity contribution in [3.63, 3.8) is 0 Å². The Labute approximate surface area is 131 Å². The number of benzene rings is 1. The number of carboxylic acid groups (broad SMARTS) is 1. The number of hydrogen-bond acceptors (Lipinski definition) is 3. The summed E-state index contributed by atoms with van der Waals surface area (Å²) >= 11 is 0. The van der Waals surface area contributed by atoms with E-state index < -0.39 is 5.97 Å². The SMILES string of the molecule is CCN(CC)c1ccc(C=CC=CC=C(C#N)C(=O)O)cc1. The first-order chi connectivity index (χ1) is 10.6. The first-order valence-corrected chi connectivity index (χ1v) is 7.15. The maximum absolute atomic E-state index is 10.6. The summed E-state index contributed by atoms with van der Waals surface area (Å²) in [5.74, 6) is -1.22. The lowest BCUT2D eigenvalue weighted by Crippen LogP contribution is -2.21. The van der Waals surface area contributed by atoms with Gasteiger partial charge in [0.15, 0.2) is 0 Å². The monoisotopic (exact) mass is 296 g/mol. The minimum Gasteiger partial charge on any atom is -0.477 e. The van der Waals surface area contributed by atoms with Gasteiger partial charge in [-0.2, -0.15) is 5.26 Å². The van der Waals surface area contributed by atoms with Gasteiger partial charge in [-0.1, -0.05) is 36.4 Å². The summed E-state index contributed by atoms with van der Waals surface area (Å²) in [7, 11) is 0. The summed E-state index contributed by atoms with van der Waals surface area (Å²) in [6, 6.07) is 9.84. The molecule has 0 aromatic heterocycles. The van der Waals surface area contributed by atoms with Crippen LogP contribution in [-0.2, 0) is 4.79 Å². The van der Waals surface area contributed by atoms with E-state index in [1.165, 1.54) is 17.8 Å². The third-order valence-electron chi connectivity index (χ3n) is 3.15. The summed E-state index contributed by atoms with van der Waals surface area (Å²) < 4.78 is 0. The second-order valence-electron chi connectivity index (χ2n) is 4.51. The smallest absolute Gasteiger partial charge is 0.346 e. The summed E-state index contributed by atoms with van der Waals surface area (Å²) in [5, 5.41) is 17.3. The Morgan fingerprint density at radius 3 is 2.32 bits per heavy atom. The number of nitriles is 1. The van der Waals surface area contributed by atoms with Crippen LogP contribution in [0.4, 0.5) is 5.69 Å². The first-order valence-electron chi connectivity index (χ1n) is 7.15. The number of rotatable bonds is 7. The number of allylic oxidation sites excluding steroid dienone is 4. The molecule has 0 aliphatic carbocycles. The molecule has 0 aliphatic heterocycles. The van der Waals surface area contributed by atoms with E-state index in [4.69, 9.17) is 10.4 Å². The second kappa shape index (κ2) is 9.19. The first kappa shape index (κ1) is 17.3. The molecule has 114 valence electrons. The van der Waals surface area contributed by atoms with Gasteiger partial charge in [0.05, 0.1) is 0 Å². The Morgan fingerprint density at radius 2 is 1.82 bits per heavy atom. The van der Waals surface area contributed by atoms with Crippen LogP contribution in [0.15, 0.2) is 54.1 Å². The van der Waals surface area contributed by atoms with Crippen molar-refractivity contribution in [2.24, 2.45) is 0 Å². The molecule has 0 saturated heterocycles. The van der Waals surface area contributed by atoms with Crippen molar-refractivity contribution in [2.75, 3.05) is 18.0 Å². The Kier molecular flexibility index (Phi) is 7.21. The van der Waals surface area contributed by atoms with E-state index in [0.717, 1.165) is 18.7 Å². The van der Waals surface area contributed by atoms with E-state index in [-0.39, 0.29) is 5.57 Å². The average Bonchev–Trinajstić information content (AvgIpc) is 2.53. The molecule has 4 heteroatoms. The lowest BCUT2D eigenvalue weighted by atomic mass is 10.1. The molecule has 0 spiro atoms. The minimum atomic E-state index is -1.22. The van der Waals surface area contributed by atoms with Gasteiger partial charge >= 0.3 is 5.97 Å².